The number of hydrogen-bond donors (Lipinski definition) is 1. The minimum absolute atomic E-state index is 0.0649. The number of anilines is 1. The molecule has 32 heavy (non-hydrogen) atoms. The molecule has 160 valence electrons. The van der Waals surface area contributed by atoms with Gasteiger partial charge in [-0.1, -0.05) is 60.7 Å². The number of para-hydroxylation sites is 1. The first-order valence-electron chi connectivity index (χ1n) is 10.6. The summed E-state index contributed by atoms with van der Waals surface area (Å²) >= 11 is 0. The number of pyridine rings is 1. The van der Waals surface area contributed by atoms with E-state index in [0.29, 0.717) is 17.8 Å². The third-order valence-electron chi connectivity index (χ3n) is 5.49. The van der Waals surface area contributed by atoms with Gasteiger partial charge in [-0.2, -0.15) is 0 Å². The molecule has 0 saturated carbocycles. The molecule has 0 aliphatic heterocycles. The Morgan fingerprint density at radius 2 is 1.69 bits per heavy atom. The Kier molecular flexibility index (Phi) is 6.26. The molecule has 0 aliphatic carbocycles. The number of amides is 2. The molecular weight excluding hydrogens is 398 g/mol. The topological polar surface area (TPSA) is 62.3 Å². The number of fused-ring (bicyclic) bond motifs is 1. The van der Waals surface area contributed by atoms with E-state index in [1.807, 2.05) is 90.7 Å². The Bertz CT molecular complexity index is 1250. The van der Waals surface area contributed by atoms with Crippen LogP contribution in [0.25, 0.3) is 10.9 Å². The summed E-state index contributed by atoms with van der Waals surface area (Å²) in [5.74, 6) is -0.194. The Morgan fingerprint density at radius 1 is 0.938 bits per heavy atom. The maximum atomic E-state index is 13.9. The fourth-order valence-electron chi connectivity index (χ4n) is 3.86. The van der Waals surface area contributed by atoms with Gasteiger partial charge in [-0.15, -0.1) is 0 Å². The van der Waals surface area contributed by atoms with Crippen molar-refractivity contribution in [1.82, 2.24) is 9.88 Å². The molecule has 1 heterocycles. The molecule has 1 aromatic heterocycles. The van der Waals surface area contributed by atoms with Gasteiger partial charge in [0.15, 0.2) is 0 Å². The van der Waals surface area contributed by atoms with E-state index in [9.17, 15) is 9.59 Å². The first-order valence-corrected chi connectivity index (χ1v) is 10.6. The third kappa shape index (κ3) is 4.67. The molecule has 4 rings (SSSR count). The highest BCUT2D eigenvalue weighted by molar-refractivity contribution is 6.06. The average Bonchev–Trinajstić information content (AvgIpc) is 2.82. The summed E-state index contributed by atoms with van der Waals surface area (Å²) in [7, 11) is 0. The first kappa shape index (κ1) is 21.2. The molecule has 1 unspecified atom stereocenters. The van der Waals surface area contributed by atoms with E-state index in [1.54, 1.807) is 12.3 Å². The number of nitrogens with one attached hydrogen (secondary N) is 1. The second-order valence-electron chi connectivity index (χ2n) is 7.78. The van der Waals surface area contributed by atoms with Crippen LogP contribution in [0.3, 0.4) is 0 Å². The minimum Gasteiger partial charge on any atom is -0.328 e. The average molecular weight is 424 g/mol. The van der Waals surface area contributed by atoms with Crippen molar-refractivity contribution in [2.24, 2.45) is 0 Å². The Labute approximate surface area is 187 Å². The van der Waals surface area contributed by atoms with Crippen LogP contribution in [0.15, 0.2) is 91.1 Å². The van der Waals surface area contributed by atoms with Crippen LogP contribution in [0.4, 0.5) is 5.69 Å². The van der Waals surface area contributed by atoms with Crippen LogP contribution in [-0.4, -0.2) is 21.7 Å². The number of hydrogen-bond acceptors (Lipinski definition) is 3. The fourth-order valence-corrected chi connectivity index (χ4v) is 3.86. The van der Waals surface area contributed by atoms with E-state index < -0.39 is 0 Å². The third-order valence-corrected chi connectivity index (χ3v) is 5.49. The smallest absolute Gasteiger partial charge is 0.255 e. The van der Waals surface area contributed by atoms with Gasteiger partial charge in [0.05, 0.1) is 17.1 Å². The van der Waals surface area contributed by atoms with Crippen molar-refractivity contribution >= 4 is 28.4 Å². The van der Waals surface area contributed by atoms with Gasteiger partial charge in [0, 0.05) is 30.7 Å². The van der Waals surface area contributed by atoms with Gasteiger partial charge in [0.2, 0.25) is 5.91 Å². The van der Waals surface area contributed by atoms with Crippen LogP contribution in [0.2, 0.25) is 0 Å². The van der Waals surface area contributed by atoms with Crippen molar-refractivity contribution < 1.29 is 9.59 Å². The summed E-state index contributed by atoms with van der Waals surface area (Å²) in [4.78, 5) is 31.6. The molecule has 0 bridgehead atoms. The van der Waals surface area contributed by atoms with Crippen LogP contribution in [0.5, 0.6) is 0 Å². The monoisotopic (exact) mass is 423 g/mol. The van der Waals surface area contributed by atoms with E-state index in [-0.39, 0.29) is 17.9 Å². The Morgan fingerprint density at radius 3 is 2.47 bits per heavy atom. The fraction of sp³-hybridized carbons (Fsp3) is 0.148. The van der Waals surface area contributed by atoms with Crippen LogP contribution >= 0.6 is 0 Å². The Hall–Kier alpha value is -3.99. The van der Waals surface area contributed by atoms with Gasteiger partial charge in [0.1, 0.15) is 0 Å². The summed E-state index contributed by atoms with van der Waals surface area (Å²) in [6.45, 7) is 3.95. The lowest BCUT2D eigenvalue weighted by Crippen LogP contribution is -2.33. The molecule has 0 fully saturated rings. The summed E-state index contributed by atoms with van der Waals surface area (Å²) in [6.07, 6.45) is 1.68. The lowest BCUT2D eigenvalue weighted by molar-refractivity contribution is -0.114. The molecular formula is C27H25N3O2. The van der Waals surface area contributed by atoms with Crippen LogP contribution in [-0.2, 0) is 11.3 Å². The van der Waals surface area contributed by atoms with Crippen molar-refractivity contribution in [3.63, 3.8) is 0 Å². The number of carbonyl (C=O) groups excluding carboxylic acids is 2. The minimum atomic E-state index is -0.219. The maximum absolute atomic E-state index is 13.9. The van der Waals surface area contributed by atoms with E-state index in [4.69, 9.17) is 0 Å². The number of carbonyl (C=O) groups is 2. The molecule has 1 atom stereocenters. The van der Waals surface area contributed by atoms with Crippen molar-refractivity contribution in [2.75, 3.05) is 5.32 Å². The number of rotatable bonds is 6. The molecule has 5 nitrogen and oxygen atoms in total. The van der Waals surface area contributed by atoms with Gasteiger partial charge in [0.25, 0.3) is 5.91 Å². The van der Waals surface area contributed by atoms with E-state index in [1.165, 1.54) is 6.92 Å². The summed E-state index contributed by atoms with van der Waals surface area (Å²) in [6, 6.07) is 26.8. The number of benzene rings is 3. The van der Waals surface area contributed by atoms with Crippen LogP contribution < -0.4 is 5.32 Å². The molecule has 0 radical (unpaired) electrons. The largest absolute Gasteiger partial charge is 0.328 e. The first-order chi connectivity index (χ1) is 15.5. The molecule has 0 aliphatic rings. The highest BCUT2D eigenvalue weighted by Crippen LogP contribution is 2.28. The predicted molar refractivity (Wildman–Crippen MR) is 127 cm³/mol. The standard InChI is InChI=1S/C27H25N3O2/c1-19(22-11-8-12-23(17-22)29-20(2)31)30(18-21-9-4-3-5-10-21)27(32)25-15-16-28-26-14-7-6-13-24(25)26/h3-17,19H,18H2,1-2H3,(H,29,31). The van der Waals surface area contributed by atoms with Crippen molar-refractivity contribution in [3.8, 4) is 0 Å². The number of nitrogens with zero attached hydrogens (tertiary/aromatic N) is 2. The molecule has 4 aromatic rings. The summed E-state index contributed by atoms with van der Waals surface area (Å²) in [5.41, 5.74) is 4.11. The van der Waals surface area contributed by atoms with Crippen molar-refractivity contribution in [1.29, 1.82) is 0 Å². The van der Waals surface area contributed by atoms with Crippen LogP contribution in [0.1, 0.15) is 41.4 Å². The van der Waals surface area contributed by atoms with E-state index >= 15 is 0 Å². The molecule has 5 heteroatoms. The van der Waals surface area contributed by atoms with Gasteiger partial charge >= 0.3 is 0 Å². The van der Waals surface area contributed by atoms with Gasteiger partial charge in [-0.25, -0.2) is 0 Å². The zero-order valence-electron chi connectivity index (χ0n) is 18.2. The Balaban J connectivity index is 1.75. The second-order valence-corrected chi connectivity index (χ2v) is 7.78. The normalized spacial score (nSPS) is 11.7. The zero-order valence-corrected chi connectivity index (χ0v) is 18.2. The summed E-state index contributed by atoms with van der Waals surface area (Å²) < 4.78 is 0. The number of aromatic nitrogens is 1. The molecule has 1 N–H and O–H groups in total. The maximum Gasteiger partial charge on any atom is 0.255 e. The van der Waals surface area contributed by atoms with E-state index in [0.717, 1.165) is 22.0 Å². The van der Waals surface area contributed by atoms with Gasteiger partial charge in [-0.05, 0) is 42.3 Å². The van der Waals surface area contributed by atoms with Gasteiger partial charge < -0.3 is 10.2 Å². The lowest BCUT2D eigenvalue weighted by atomic mass is 10.0. The molecule has 2 amide bonds. The molecule has 0 saturated heterocycles. The highest BCUT2D eigenvalue weighted by atomic mass is 16.2. The van der Waals surface area contributed by atoms with Gasteiger partial charge in [-0.3, -0.25) is 14.6 Å². The predicted octanol–water partition coefficient (Wildman–Crippen LogP) is 5.60. The second kappa shape index (κ2) is 9.43. The highest BCUT2D eigenvalue weighted by Gasteiger charge is 2.25. The SMILES string of the molecule is CC(=O)Nc1cccc(C(C)N(Cc2ccccc2)C(=O)c2ccnc3ccccc23)c1. The van der Waals surface area contributed by atoms with Crippen LogP contribution in [0, 0.1) is 0 Å². The van der Waals surface area contributed by atoms with Crippen molar-refractivity contribution in [2.45, 2.75) is 26.4 Å². The molecule has 3 aromatic carbocycles. The molecule has 0 spiro atoms. The summed E-state index contributed by atoms with van der Waals surface area (Å²) in [5, 5.41) is 3.65. The van der Waals surface area contributed by atoms with Crippen molar-refractivity contribution in [3.05, 3.63) is 108 Å². The van der Waals surface area contributed by atoms with E-state index in [2.05, 4.69) is 10.3 Å². The zero-order chi connectivity index (χ0) is 22.5. The lowest BCUT2D eigenvalue weighted by Gasteiger charge is -2.30. The quantitative estimate of drug-likeness (QED) is 0.439.